The molecule has 1 aromatic carbocycles. The lowest BCUT2D eigenvalue weighted by atomic mass is 10.3. The molecular weight excluding hydrogens is 292 g/mol. The largest absolute Gasteiger partial charge is 0.491 e. The van der Waals surface area contributed by atoms with E-state index in [1.165, 1.54) is 0 Å². The van der Waals surface area contributed by atoms with E-state index in [2.05, 4.69) is 20.6 Å². The van der Waals surface area contributed by atoms with Crippen LogP contribution in [0, 0.1) is 6.92 Å². The Morgan fingerprint density at radius 2 is 1.91 bits per heavy atom. The minimum atomic E-state index is 0.154. The maximum absolute atomic E-state index is 8.83. The molecule has 3 N–H and O–H groups in total. The van der Waals surface area contributed by atoms with Crippen molar-refractivity contribution in [1.29, 1.82) is 0 Å². The fourth-order valence-corrected chi connectivity index (χ4v) is 2.03. The summed E-state index contributed by atoms with van der Waals surface area (Å²) in [6.07, 6.45) is 0.838. The number of aliphatic hydroxyl groups excluding tert-OH is 1. The average molecular weight is 316 g/mol. The highest BCUT2D eigenvalue weighted by molar-refractivity contribution is 5.56. The van der Waals surface area contributed by atoms with E-state index in [0.717, 1.165) is 22.9 Å². The predicted molar refractivity (Wildman–Crippen MR) is 92.5 cm³/mol. The Morgan fingerprint density at radius 1 is 1.17 bits per heavy atom. The van der Waals surface area contributed by atoms with Gasteiger partial charge in [0.2, 0.25) is 5.95 Å². The topological polar surface area (TPSA) is 79.3 Å². The van der Waals surface area contributed by atoms with Gasteiger partial charge in [0.05, 0.1) is 6.10 Å². The van der Waals surface area contributed by atoms with Crippen molar-refractivity contribution in [2.75, 3.05) is 23.8 Å². The number of aromatic nitrogens is 2. The highest BCUT2D eigenvalue weighted by Gasteiger charge is 2.04. The van der Waals surface area contributed by atoms with Crippen molar-refractivity contribution >= 4 is 17.5 Å². The Balaban J connectivity index is 2.04. The van der Waals surface area contributed by atoms with Gasteiger partial charge in [-0.1, -0.05) is 0 Å². The molecule has 0 aliphatic heterocycles. The Morgan fingerprint density at radius 3 is 2.57 bits per heavy atom. The van der Waals surface area contributed by atoms with Crippen LogP contribution < -0.4 is 15.4 Å². The number of aliphatic hydroxyl groups is 1. The molecule has 0 aliphatic rings. The summed E-state index contributed by atoms with van der Waals surface area (Å²) in [7, 11) is 0. The van der Waals surface area contributed by atoms with Crippen molar-refractivity contribution in [1.82, 2.24) is 9.97 Å². The number of rotatable bonds is 8. The Labute approximate surface area is 136 Å². The van der Waals surface area contributed by atoms with Crippen LogP contribution in [0.5, 0.6) is 5.75 Å². The Kier molecular flexibility index (Phi) is 6.17. The van der Waals surface area contributed by atoms with Crippen LogP contribution in [-0.4, -0.2) is 34.3 Å². The lowest BCUT2D eigenvalue weighted by Crippen LogP contribution is -2.08. The maximum Gasteiger partial charge on any atom is 0.229 e. The minimum Gasteiger partial charge on any atom is -0.491 e. The number of nitrogens with one attached hydrogen (secondary N) is 2. The molecule has 0 aliphatic carbocycles. The first kappa shape index (κ1) is 17.0. The van der Waals surface area contributed by atoms with E-state index in [-0.39, 0.29) is 12.7 Å². The number of anilines is 3. The molecule has 0 saturated carbocycles. The SMILES string of the molecule is Cc1cc(NCCCO)nc(Nc2ccc(OC(C)C)cc2)n1. The first-order valence-corrected chi connectivity index (χ1v) is 7.81. The third-order valence-corrected chi connectivity index (χ3v) is 2.98. The summed E-state index contributed by atoms with van der Waals surface area (Å²) in [6, 6.07) is 9.57. The lowest BCUT2D eigenvalue weighted by molar-refractivity contribution is 0.242. The first-order chi connectivity index (χ1) is 11.1. The molecule has 6 heteroatoms. The Bertz CT molecular complexity index is 614. The van der Waals surface area contributed by atoms with Crippen molar-refractivity contribution in [2.45, 2.75) is 33.3 Å². The first-order valence-electron chi connectivity index (χ1n) is 7.81. The van der Waals surface area contributed by atoms with Gasteiger partial charge >= 0.3 is 0 Å². The van der Waals surface area contributed by atoms with Crippen molar-refractivity contribution in [3.8, 4) is 5.75 Å². The van der Waals surface area contributed by atoms with Gasteiger partial charge in [-0.3, -0.25) is 0 Å². The fraction of sp³-hybridized carbons (Fsp3) is 0.412. The molecule has 0 amide bonds. The normalized spacial score (nSPS) is 10.7. The molecule has 0 spiro atoms. The lowest BCUT2D eigenvalue weighted by Gasteiger charge is -2.12. The quantitative estimate of drug-likeness (QED) is 0.649. The summed E-state index contributed by atoms with van der Waals surface area (Å²) in [5, 5.41) is 15.2. The molecule has 124 valence electrons. The van der Waals surface area contributed by atoms with Gasteiger partial charge in [0.15, 0.2) is 0 Å². The van der Waals surface area contributed by atoms with E-state index < -0.39 is 0 Å². The third-order valence-electron chi connectivity index (χ3n) is 2.98. The zero-order valence-corrected chi connectivity index (χ0v) is 13.8. The summed E-state index contributed by atoms with van der Waals surface area (Å²) >= 11 is 0. The zero-order chi connectivity index (χ0) is 16.7. The summed E-state index contributed by atoms with van der Waals surface area (Å²) in [5.74, 6) is 2.12. The summed E-state index contributed by atoms with van der Waals surface area (Å²) in [4.78, 5) is 8.81. The molecule has 0 saturated heterocycles. The van der Waals surface area contributed by atoms with E-state index in [1.54, 1.807) is 0 Å². The van der Waals surface area contributed by atoms with Crippen LogP contribution in [0.15, 0.2) is 30.3 Å². The second kappa shape index (κ2) is 8.33. The molecule has 0 unspecified atom stereocenters. The molecule has 0 fully saturated rings. The van der Waals surface area contributed by atoms with Gasteiger partial charge in [0, 0.05) is 30.6 Å². The number of ether oxygens (including phenoxy) is 1. The number of hydrogen-bond acceptors (Lipinski definition) is 6. The van der Waals surface area contributed by atoms with Crippen LogP contribution >= 0.6 is 0 Å². The van der Waals surface area contributed by atoms with Crippen LogP contribution in [-0.2, 0) is 0 Å². The van der Waals surface area contributed by atoms with Crippen LogP contribution in [0.1, 0.15) is 26.0 Å². The number of benzene rings is 1. The molecule has 23 heavy (non-hydrogen) atoms. The molecule has 1 aromatic heterocycles. The van der Waals surface area contributed by atoms with Crippen molar-refractivity contribution in [3.63, 3.8) is 0 Å². The number of nitrogens with zero attached hydrogens (tertiary/aromatic N) is 2. The second-order valence-electron chi connectivity index (χ2n) is 5.54. The third kappa shape index (κ3) is 5.75. The average Bonchev–Trinajstić information content (AvgIpc) is 2.48. The van der Waals surface area contributed by atoms with Gasteiger partial charge in [0.1, 0.15) is 11.6 Å². The maximum atomic E-state index is 8.83. The highest BCUT2D eigenvalue weighted by Crippen LogP contribution is 2.20. The van der Waals surface area contributed by atoms with E-state index >= 15 is 0 Å². The van der Waals surface area contributed by atoms with Gasteiger partial charge in [-0.25, -0.2) is 4.98 Å². The van der Waals surface area contributed by atoms with Crippen LogP contribution in [0.4, 0.5) is 17.5 Å². The van der Waals surface area contributed by atoms with E-state index in [4.69, 9.17) is 9.84 Å². The van der Waals surface area contributed by atoms with Gasteiger partial charge in [-0.15, -0.1) is 0 Å². The van der Waals surface area contributed by atoms with Gasteiger partial charge < -0.3 is 20.5 Å². The molecule has 6 nitrogen and oxygen atoms in total. The molecule has 0 atom stereocenters. The monoisotopic (exact) mass is 316 g/mol. The standard InChI is InChI=1S/C17H24N4O2/c1-12(2)23-15-7-5-14(6-8-15)20-17-19-13(3)11-16(21-17)18-9-4-10-22/h5-8,11-12,22H,4,9-10H2,1-3H3,(H2,18,19,20,21). The van der Waals surface area contributed by atoms with Crippen molar-refractivity contribution in [2.24, 2.45) is 0 Å². The highest BCUT2D eigenvalue weighted by atomic mass is 16.5. The zero-order valence-electron chi connectivity index (χ0n) is 13.8. The molecule has 0 radical (unpaired) electrons. The van der Waals surface area contributed by atoms with Gasteiger partial charge in [-0.05, 0) is 51.5 Å². The van der Waals surface area contributed by atoms with E-state index in [0.29, 0.717) is 18.9 Å². The Hall–Kier alpha value is -2.34. The van der Waals surface area contributed by atoms with Gasteiger partial charge in [-0.2, -0.15) is 4.98 Å². The van der Waals surface area contributed by atoms with E-state index in [1.807, 2.05) is 51.1 Å². The number of aryl methyl sites for hydroxylation is 1. The summed E-state index contributed by atoms with van der Waals surface area (Å²) < 4.78 is 5.62. The predicted octanol–water partition coefficient (Wildman–Crippen LogP) is 3.11. The van der Waals surface area contributed by atoms with Crippen LogP contribution in [0.25, 0.3) is 0 Å². The van der Waals surface area contributed by atoms with Crippen LogP contribution in [0.3, 0.4) is 0 Å². The van der Waals surface area contributed by atoms with Crippen molar-refractivity contribution in [3.05, 3.63) is 36.0 Å². The second-order valence-corrected chi connectivity index (χ2v) is 5.54. The smallest absolute Gasteiger partial charge is 0.229 e. The minimum absolute atomic E-state index is 0.154. The van der Waals surface area contributed by atoms with Crippen LogP contribution in [0.2, 0.25) is 0 Å². The fourth-order valence-electron chi connectivity index (χ4n) is 2.03. The van der Waals surface area contributed by atoms with Gasteiger partial charge in [0.25, 0.3) is 0 Å². The number of hydrogen-bond donors (Lipinski definition) is 3. The summed E-state index contributed by atoms with van der Waals surface area (Å²) in [6.45, 7) is 6.75. The molecule has 0 bridgehead atoms. The molecular formula is C17H24N4O2. The molecule has 2 aromatic rings. The van der Waals surface area contributed by atoms with Crippen molar-refractivity contribution < 1.29 is 9.84 Å². The summed E-state index contributed by atoms with van der Waals surface area (Å²) in [5.41, 5.74) is 1.77. The molecule has 1 heterocycles. The van der Waals surface area contributed by atoms with E-state index in [9.17, 15) is 0 Å². The molecule has 2 rings (SSSR count).